The maximum absolute atomic E-state index is 12.2. The number of amides is 1. The molecule has 0 aromatic heterocycles. The Labute approximate surface area is 122 Å². The Balaban J connectivity index is 1.88. The van der Waals surface area contributed by atoms with Crippen molar-refractivity contribution in [2.24, 2.45) is 5.92 Å². The van der Waals surface area contributed by atoms with Crippen molar-refractivity contribution in [3.05, 3.63) is 35.4 Å². The van der Waals surface area contributed by atoms with Crippen LogP contribution < -0.4 is 10.6 Å². The molecule has 20 heavy (non-hydrogen) atoms. The third-order valence-corrected chi connectivity index (χ3v) is 4.16. The number of hydrogen-bond donors (Lipinski definition) is 2. The van der Waals surface area contributed by atoms with Crippen molar-refractivity contribution < 1.29 is 4.79 Å². The van der Waals surface area contributed by atoms with E-state index in [1.807, 2.05) is 0 Å². The average Bonchev–Trinajstić information content (AvgIpc) is 2.47. The predicted molar refractivity (Wildman–Crippen MR) is 82.6 cm³/mol. The molecule has 1 unspecified atom stereocenters. The zero-order valence-electron chi connectivity index (χ0n) is 12.6. The van der Waals surface area contributed by atoms with E-state index < -0.39 is 0 Å². The van der Waals surface area contributed by atoms with Crippen molar-refractivity contribution >= 4 is 5.91 Å². The molecule has 1 aromatic rings. The highest BCUT2D eigenvalue weighted by Crippen LogP contribution is 2.20. The van der Waals surface area contributed by atoms with Gasteiger partial charge in [0.05, 0.1) is 6.04 Å². The standard InChI is InChI=1S/C17H26N2O/c1-3-16(15-6-4-13(2)5-7-15)19-17(20)12-14-8-10-18-11-9-14/h4-7,14,16,18H,3,8-12H2,1-2H3,(H,19,20). The van der Waals surface area contributed by atoms with Gasteiger partial charge in [-0.3, -0.25) is 4.79 Å². The summed E-state index contributed by atoms with van der Waals surface area (Å²) in [4.78, 5) is 12.2. The van der Waals surface area contributed by atoms with Crippen LogP contribution in [0.4, 0.5) is 0 Å². The van der Waals surface area contributed by atoms with Crippen molar-refractivity contribution in [1.82, 2.24) is 10.6 Å². The van der Waals surface area contributed by atoms with Crippen LogP contribution in [0.5, 0.6) is 0 Å². The SMILES string of the molecule is CCC(NC(=O)CC1CCNCC1)c1ccc(C)cc1. The summed E-state index contributed by atoms with van der Waals surface area (Å²) in [6.07, 6.45) is 3.84. The lowest BCUT2D eigenvalue weighted by Crippen LogP contribution is -2.33. The van der Waals surface area contributed by atoms with Crippen LogP contribution in [0.15, 0.2) is 24.3 Å². The summed E-state index contributed by atoms with van der Waals surface area (Å²) in [6.45, 7) is 6.30. The van der Waals surface area contributed by atoms with Gasteiger partial charge in [0.15, 0.2) is 0 Å². The maximum atomic E-state index is 12.2. The largest absolute Gasteiger partial charge is 0.349 e. The zero-order chi connectivity index (χ0) is 14.4. The van der Waals surface area contributed by atoms with Crippen LogP contribution in [0.25, 0.3) is 0 Å². The molecule has 1 aliphatic rings. The van der Waals surface area contributed by atoms with E-state index in [1.54, 1.807) is 0 Å². The summed E-state index contributed by atoms with van der Waals surface area (Å²) in [7, 11) is 0. The molecule has 2 rings (SSSR count). The van der Waals surface area contributed by atoms with E-state index in [0.29, 0.717) is 12.3 Å². The van der Waals surface area contributed by atoms with Gasteiger partial charge in [0.1, 0.15) is 0 Å². The lowest BCUT2D eigenvalue weighted by Gasteiger charge is -2.24. The minimum atomic E-state index is 0.143. The van der Waals surface area contributed by atoms with Gasteiger partial charge in [-0.05, 0) is 50.8 Å². The van der Waals surface area contributed by atoms with Crippen LogP contribution in [-0.2, 0) is 4.79 Å². The molecule has 1 aliphatic heterocycles. The van der Waals surface area contributed by atoms with E-state index in [-0.39, 0.29) is 11.9 Å². The summed E-state index contributed by atoms with van der Waals surface area (Å²) >= 11 is 0. The first-order valence-corrected chi connectivity index (χ1v) is 7.75. The van der Waals surface area contributed by atoms with Crippen molar-refractivity contribution in [2.75, 3.05) is 13.1 Å². The highest BCUT2D eigenvalue weighted by atomic mass is 16.1. The quantitative estimate of drug-likeness (QED) is 0.866. The lowest BCUT2D eigenvalue weighted by molar-refractivity contribution is -0.123. The monoisotopic (exact) mass is 274 g/mol. The van der Waals surface area contributed by atoms with Gasteiger partial charge in [0.2, 0.25) is 5.91 Å². The molecule has 0 bridgehead atoms. The summed E-state index contributed by atoms with van der Waals surface area (Å²) < 4.78 is 0. The molecular formula is C17H26N2O. The Morgan fingerprint density at radius 2 is 1.95 bits per heavy atom. The van der Waals surface area contributed by atoms with E-state index in [2.05, 4.69) is 48.7 Å². The van der Waals surface area contributed by atoms with E-state index in [4.69, 9.17) is 0 Å². The second-order valence-corrected chi connectivity index (χ2v) is 5.84. The average molecular weight is 274 g/mol. The fourth-order valence-corrected chi connectivity index (χ4v) is 2.82. The van der Waals surface area contributed by atoms with Crippen LogP contribution >= 0.6 is 0 Å². The first-order valence-electron chi connectivity index (χ1n) is 7.75. The number of carbonyl (C=O) groups is 1. The van der Waals surface area contributed by atoms with Crippen LogP contribution in [0.1, 0.15) is 49.8 Å². The molecule has 3 heteroatoms. The van der Waals surface area contributed by atoms with Gasteiger partial charge in [-0.25, -0.2) is 0 Å². The third-order valence-electron chi connectivity index (χ3n) is 4.16. The maximum Gasteiger partial charge on any atom is 0.220 e. The molecule has 2 N–H and O–H groups in total. The molecule has 110 valence electrons. The molecule has 1 heterocycles. The van der Waals surface area contributed by atoms with E-state index in [1.165, 1.54) is 11.1 Å². The highest BCUT2D eigenvalue weighted by Gasteiger charge is 2.19. The Hall–Kier alpha value is -1.35. The molecule has 0 spiro atoms. The zero-order valence-corrected chi connectivity index (χ0v) is 12.6. The molecule has 0 radical (unpaired) electrons. The van der Waals surface area contributed by atoms with E-state index in [9.17, 15) is 4.79 Å². The Kier molecular flexibility index (Phi) is 5.60. The van der Waals surface area contributed by atoms with Gasteiger partial charge in [-0.1, -0.05) is 36.8 Å². The van der Waals surface area contributed by atoms with Gasteiger partial charge >= 0.3 is 0 Å². The smallest absolute Gasteiger partial charge is 0.220 e. The van der Waals surface area contributed by atoms with Crippen LogP contribution in [0.2, 0.25) is 0 Å². The van der Waals surface area contributed by atoms with Crippen LogP contribution in [-0.4, -0.2) is 19.0 Å². The molecule has 0 aliphatic carbocycles. The molecular weight excluding hydrogens is 248 g/mol. The Bertz CT molecular complexity index is 421. The number of piperidine rings is 1. The molecule has 1 aromatic carbocycles. The molecule has 3 nitrogen and oxygen atoms in total. The highest BCUT2D eigenvalue weighted by molar-refractivity contribution is 5.76. The summed E-state index contributed by atoms with van der Waals surface area (Å²) in [5, 5.41) is 6.53. The van der Waals surface area contributed by atoms with Gasteiger partial charge in [-0.15, -0.1) is 0 Å². The fraction of sp³-hybridized carbons (Fsp3) is 0.588. The van der Waals surface area contributed by atoms with Gasteiger partial charge in [0.25, 0.3) is 0 Å². The Morgan fingerprint density at radius 1 is 1.30 bits per heavy atom. The minimum absolute atomic E-state index is 0.143. The summed E-state index contributed by atoms with van der Waals surface area (Å²) in [5.74, 6) is 0.746. The summed E-state index contributed by atoms with van der Waals surface area (Å²) in [6, 6.07) is 8.60. The van der Waals surface area contributed by atoms with Crippen LogP contribution in [0.3, 0.4) is 0 Å². The Morgan fingerprint density at radius 3 is 2.55 bits per heavy atom. The molecule has 1 saturated heterocycles. The minimum Gasteiger partial charge on any atom is -0.349 e. The normalized spacial score (nSPS) is 17.7. The summed E-state index contributed by atoms with van der Waals surface area (Å²) in [5.41, 5.74) is 2.46. The molecule has 0 saturated carbocycles. The molecule has 1 amide bonds. The number of hydrogen-bond acceptors (Lipinski definition) is 2. The first-order chi connectivity index (χ1) is 9.69. The second kappa shape index (κ2) is 7.44. The van der Waals surface area contributed by atoms with Crippen molar-refractivity contribution in [2.45, 2.75) is 45.6 Å². The number of rotatable bonds is 5. The third kappa shape index (κ3) is 4.34. The van der Waals surface area contributed by atoms with Gasteiger partial charge in [0, 0.05) is 6.42 Å². The van der Waals surface area contributed by atoms with Crippen molar-refractivity contribution in [3.63, 3.8) is 0 Å². The van der Waals surface area contributed by atoms with Crippen molar-refractivity contribution in [3.8, 4) is 0 Å². The number of aryl methyl sites for hydroxylation is 1. The lowest BCUT2D eigenvalue weighted by atomic mass is 9.94. The number of nitrogens with one attached hydrogen (secondary N) is 2. The van der Waals surface area contributed by atoms with Crippen molar-refractivity contribution in [1.29, 1.82) is 0 Å². The first kappa shape index (κ1) is 15.0. The fourth-order valence-electron chi connectivity index (χ4n) is 2.82. The number of benzene rings is 1. The predicted octanol–water partition coefficient (Wildman–Crippen LogP) is 2.95. The van der Waals surface area contributed by atoms with Crippen LogP contribution in [0, 0.1) is 12.8 Å². The second-order valence-electron chi connectivity index (χ2n) is 5.84. The number of carbonyl (C=O) groups excluding carboxylic acids is 1. The van der Waals surface area contributed by atoms with Gasteiger partial charge in [-0.2, -0.15) is 0 Å². The molecule has 1 atom stereocenters. The van der Waals surface area contributed by atoms with E-state index in [0.717, 1.165) is 32.4 Å². The van der Waals surface area contributed by atoms with E-state index >= 15 is 0 Å². The van der Waals surface area contributed by atoms with Gasteiger partial charge < -0.3 is 10.6 Å². The topological polar surface area (TPSA) is 41.1 Å². The molecule has 1 fully saturated rings.